The maximum Gasteiger partial charge on any atom is 0.263 e. The zero-order valence-corrected chi connectivity index (χ0v) is 12.3. The highest BCUT2D eigenvalue weighted by Crippen LogP contribution is 2.32. The van der Waals surface area contributed by atoms with Crippen LogP contribution in [-0.2, 0) is 6.54 Å². The van der Waals surface area contributed by atoms with Crippen LogP contribution in [0.15, 0.2) is 33.9 Å². The zero-order chi connectivity index (χ0) is 15.7. The zero-order valence-electron chi connectivity index (χ0n) is 11.5. The van der Waals surface area contributed by atoms with Crippen LogP contribution in [0.25, 0.3) is 22.2 Å². The molecule has 0 aliphatic rings. The summed E-state index contributed by atoms with van der Waals surface area (Å²) in [6.07, 6.45) is 2.83. The van der Waals surface area contributed by atoms with E-state index in [9.17, 15) is 4.79 Å². The standard InChI is InChI=1S/C14H10N4O3S/c1-20-11-5-10-8(4-9(11)12-6-16-7-21-12)13(19)18(3-2-15)14(22)17-10/h4-7H,3H2,1H3,(H,17,22). The molecule has 0 aliphatic carbocycles. The van der Waals surface area contributed by atoms with Crippen LogP contribution in [0.5, 0.6) is 5.75 Å². The fourth-order valence-corrected chi connectivity index (χ4v) is 2.46. The van der Waals surface area contributed by atoms with Crippen molar-refractivity contribution in [2.24, 2.45) is 0 Å². The molecule has 2 heterocycles. The third kappa shape index (κ3) is 2.17. The average Bonchev–Trinajstić information content (AvgIpc) is 3.04. The van der Waals surface area contributed by atoms with Crippen molar-refractivity contribution in [1.29, 1.82) is 5.26 Å². The fourth-order valence-electron chi connectivity index (χ4n) is 2.21. The van der Waals surface area contributed by atoms with E-state index in [0.29, 0.717) is 28.0 Å². The molecule has 0 saturated heterocycles. The van der Waals surface area contributed by atoms with Crippen molar-refractivity contribution in [1.82, 2.24) is 14.5 Å². The Morgan fingerprint density at radius 2 is 2.36 bits per heavy atom. The molecule has 2 aromatic heterocycles. The van der Waals surface area contributed by atoms with Gasteiger partial charge in [0.15, 0.2) is 16.9 Å². The van der Waals surface area contributed by atoms with Crippen LogP contribution in [-0.4, -0.2) is 21.6 Å². The first-order chi connectivity index (χ1) is 10.7. The van der Waals surface area contributed by atoms with Gasteiger partial charge in [-0.15, -0.1) is 0 Å². The van der Waals surface area contributed by atoms with Crippen molar-refractivity contribution in [3.8, 4) is 23.1 Å². The van der Waals surface area contributed by atoms with E-state index >= 15 is 0 Å². The van der Waals surface area contributed by atoms with Crippen molar-refractivity contribution < 1.29 is 9.15 Å². The van der Waals surface area contributed by atoms with Crippen molar-refractivity contribution >= 4 is 23.1 Å². The second-order valence-corrected chi connectivity index (χ2v) is 4.83. The summed E-state index contributed by atoms with van der Waals surface area (Å²) in [6, 6.07) is 5.22. The van der Waals surface area contributed by atoms with Crippen LogP contribution in [0.2, 0.25) is 0 Å². The normalized spacial score (nSPS) is 10.5. The van der Waals surface area contributed by atoms with Crippen molar-refractivity contribution in [2.45, 2.75) is 6.54 Å². The highest BCUT2D eigenvalue weighted by molar-refractivity contribution is 7.71. The van der Waals surface area contributed by atoms with Crippen LogP contribution in [0.3, 0.4) is 0 Å². The van der Waals surface area contributed by atoms with Crippen LogP contribution in [0, 0.1) is 16.1 Å². The Bertz CT molecular complexity index is 996. The van der Waals surface area contributed by atoms with Gasteiger partial charge in [0.2, 0.25) is 0 Å². The summed E-state index contributed by atoms with van der Waals surface area (Å²) in [5.41, 5.74) is 0.784. The van der Waals surface area contributed by atoms with E-state index < -0.39 is 0 Å². The Morgan fingerprint density at radius 1 is 1.55 bits per heavy atom. The molecule has 110 valence electrons. The molecular formula is C14H10N4O3S. The van der Waals surface area contributed by atoms with Gasteiger partial charge in [-0.3, -0.25) is 9.36 Å². The Labute approximate surface area is 129 Å². The number of hydrogen-bond donors (Lipinski definition) is 1. The van der Waals surface area contributed by atoms with E-state index in [4.69, 9.17) is 26.6 Å². The molecule has 0 fully saturated rings. The number of nitrogens with zero attached hydrogens (tertiary/aromatic N) is 3. The Balaban J connectivity index is 2.38. The molecule has 22 heavy (non-hydrogen) atoms. The van der Waals surface area contributed by atoms with E-state index in [1.807, 2.05) is 6.07 Å². The predicted molar refractivity (Wildman–Crippen MR) is 81.1 cm³/mol. The molecule has 0 saturated carbocycles. The van der Waals surface area contributed by atoms with E-state index in [1.54, 1.807) is 12.1 Å². The molecule has 0 aliphatic heterocycles. The van der Waals surface area contributed by atoms with Gasteiger partial charge in [0.25, 0.3) is 5.56 Å². The maximum atomic E-state index is 12.5. The molecule has 0 amide bonds. The lowest BCUT2D eigenvalue weighted by Gasteiger charge is -2.09. The quantitative estimate of drug-likeness (QED) is 0.745. The Morgan fingerprint density at radius 3 is 3.00 bits per heavy atom. The minimum atomic E-state index is -0.344. The number of ether oxygens (including phenoxy) is 1. The number of hydrogen-bond acceptors (Lipinski definition) is 6. The number of fused-ring (bicyclic) bond motifs is 1. The number of nitriles is 1. The van der Waals surface area contributed by atoms with Gasteiger partial charge < -0.3 is 14.1 Å². The summed E-state index contributed by atoms with van der Waals surface area (Å²) in [7, 11) is 1.52. The van der Waals surface area contributed by atoms with Gasteiger partial charge in [-0.2, -0.15) is 5.26 Å². The SMILES string of the molecule is COc1cc2[nH]c(=S)n(CC#N)c(=O)c2cc1-c1cnco1. The molecule has 0 unspecified atom stereocenters. The van der Waals surface area contributed by atoms with Crippen LogP contribution < -0.4 is 10.3 Å². The van der Waals surface area contributed by atoms with Crippen molar-refractivity contribution in [2.75, 3.05) is 7.11 Å². The van der Waals surface area contributed by atoms with Gasteiger partial charge in [-0.1, -0.05) is 0 Å². The lowest BCUT2D eigenvalue weighted by molar-refractivity contribution is 0.415. The molecule has 1 N–H and O–H groups in total. The van der Waals surface area contributed by atoms with Gasteiger partial charge >= 0.3 is 0 Å². The van der Waals surface area contributed by atoms with E-state index in [0.717, 1.165) is 0 Å². The number of oxazole rings is 1. The van der Waals surface area contributed by atoms with Crippen LogP contribution in [0.1, 0.15) is 0 Å². The highest BCUT2D eigenvalue weighted by atomic mass is 32.1. The summed E-state index contributed by atoms with van der Waals surface area (Å²) >= 11 is 5.11. The molecule has 1 aromatic carbocycles. The number of H-pyrrole nitrogens is 1. The largest absolute Gasteiger partial charge is 0.496 e. The van der Waals surface area contributed by atoms with E-state index in [2.05, 4.69) is 9.97 Å². The number of rotatable bonds is 3. The average molecular weight is 314 g/mol. The van der Waals surface area contributed by atoms with Gasteiger partial charge in [0.05, 0.1) is 35.8 Å². The van der Waals surface area contributed by atoms with Gasteiger partial charge in [0.1, 0.15) is 12.3 Å². The third-order valence-electron chi connectivity index (χ3n) is 3.23. The Kier molecular flexibility index (Phi) is 3.48. The second-order valence-electron chi connectivity index (χ2n) is 4.44. The lowest BCUT2D eigenvalue weighted by Crippen LogP contribution is -2.21. The van der Waals surface area contributed by atoms with Gasteiger partial charge in [-0.25, -0.2) is 4.98 Å². The number of nitrogens with one attached hydrogen (secondary N) is 1. The van der Waals surface area contributed by atoms with E-state index in [1.165, 1.54) is 24.3 Å². The van der Waals surface area contributed by atoms with Crippen molar-refractivity contribution in [3.63, 3.8) is 0 Å². The molecule has 8 heteroatoms. The summed E-state index contributed by atoms with van der Waals surface area (Å²) < 4.78 is 12.0. The van der Waals surface area contributed by atoms with Crippen LogP contribution >= 0.6 is 12.2 Å². The highest BCUT2D eigenvalue weighted by Gasteiger charge is 2.14. The second kappa shape index (κ2) is 5.46. The third-order valence-corrected chi connectivity index (χ3v) is 3.55. The lowest BCUT2D eigenvalue weighted by atomic mass is 10.1. The molecule has 3 rings (SSSR count). The topological polar surface area (TPSA) is 96.8 Å². The summed E-state index contributed by atoms with van der Waals surface area (Å²) in [4.78, 5) is 19.3. The maximum absolute atomic E-state index is 12.5. The van der Waals surface area contributed by atoms with Crippen LogP contribution in [0.4, 0.5) is 0 Å². The minimum absolute atomic E-state index is 0.117. The van der Waals surface area contributed by atoms with Gasteiger partial charge in [0, 0.05) is 6.07 Å². The molecule has 0 spiro atoms. The number of aromatic amines is 1. The number of aromatic nitrogens is 3. The molecule has 0 atom stereocenters. The molecule has 7 nitrogen and oxygen atoms in total. The monoisotopic (exact) mass is 314 g/mol. The molecule has 0 bridgehead atoms. The first-order valence-corrected chi connectivity index (χ1v) is 6.67. The molecule has 0 radical (unpaired) electrons. The van der Waals surface area contributed by atoms with Crippen molar-refractivity contribution in [3.05, 3.63) is 39.8 Å². The Hall–Kier alpha value is -2.92. The summed E-state index contributed by atoms with van der Waals surface area (Å²) in [5.74, 6) is 1.000. The molecular weight excluding hydrogens is 304 g/mol. The summed E-state index contributed by atoms with van der Waals surface area (Å²) in [5, 5.41) is 9.20. The van der Waals surface area contributed by atoms with E-state index in [-0.39, 0.29) is 16.9 Å². The number of methoxy groups -OCH3 is 1. The van der Waals surface area contributed by atoms with Gasteiger partial charge in [-0.05, 0) is 18.3 Å². The molecule has 3 aromatic rings. The smallest absolute Gasteiger partial charge is 0.263 e. The summed E-state index contributed by atoms with van der Waals surface area (Å²) in [6.45, 7) is -0.117. The predicted octanol–water partition coefficient (Wildman–Crippen LogP) is 2.25. The first kappa shape index (κ1) is 14.0. The first-order valence-electron chi connectivity index (χ1n) is 6.26. The fraction of sp³-hybridized carbons (Fsp3) is 0.143. The minimum Gasteiger partial charge on any atom is -0.496 e. The number of benzene rings is 1.